The molecule has 0 radical (unpaired) electrons. The summed E-state index contributed by atoms with van der Waals surface area (Å²) in [6.45, 7) is 3.87. The average Bonchev–Trinajstić information content (AvgIpc) is 2.12. The Morgan fingerprint density at radius 2 is 2.08 bits per heavy atom. The van der Waals surface area contributed by atoms with Gasteiger partial charge in [-0.25, -0.2) is 0 Å². The molecule has 0 bridgehead atoms. The van der Waals surface area contributed by atoms with Gasteiger partial charge in [0, 0.05) is 6.04 Å². The van der Waals surface area contributed by atoms with Gasteiger partial charge in [-0.1, -0.05) is 13.0 Å². The number of phenols is 1. The van der Waals surface area contributed by atoms with Crippen molar-refractivity contribution in [3.63, 3.8) is 0 Å². The highest BCUT2D eigenvalue weighted by Gasteiger charge is 2.08. The second kappa shape index (κ2) is 3.66. The maximum atomic E-state index is 9.44. The summed E-state index contributed by atoms with van der Waals surface area (Å²) in [4.78, 5) is 0. The van der Waals surface area contributed by atoms with Crippen molar-refractivity contribution in [2.45, 2.75) is 26.3 Å². The van der Waals surface area contributed by atoms with Crippen LogP contribution in [-0.4, -0.2) is 5.11 Å². The van der Waals surface area contributed by atoms with Gasteiger partial charge in [-0.05, 0) is 30.5 Å². The first-order chi connectivity index (χ1) is 6.06. The molecule has 3 heteroatoms. The van der Waals surface area contributed by atoms with Crippen molar-refractivity contribution in [1.29, 1.82) is 0 Å². The number of nitrogens with two attached hydrogens (primary N) is 2. The normalized spacial score (nSPS) is 12.8. The highest BCUT2D eigenvalue weighted by atomic mass is 16.3. The number of anilines is 1. The Morgan fingerprint density at radius 1 is 1.46 bits per heavy atom. The van der Waals surface area contributed by atoms with Crippen LogP contribution in [0.4, 0.5) is 5.69 Å². The lowest BCUT2D eigenvalue weighted by Gasteiger charge is -2.12. The van der Waals surface area contributed by atoms with Gasteiger partial charge in [0.1, 0.15) is 5.75 Å². The zero-order valence-electron chi connectivity index (χ0n) is 8.04. The Labute approximate surface area is 78.4 Å². The monoisotopic (exact) mass is 180 g/mol. The largest absolute Gasteiger partial charge is 0.506 e. The molecule has 1 aromatic carbocycles. The van der Waals surface area contributed by atoms with Gasteiger partial charge in [0.25, 0.3) is 0 Å². The number of phenolic OH excluding ortho intramolecular Hbond substituents is 1. The first kappa shape index (κ1) is 9.86. The third-order valence-electron chi connectivity index (χ3n) is 2.26. The van der Waals surface area contributed by atoms with Crippen molar-refractivity contribution in [3.8, 4) is 5.75 Å². The van der Waals surface area contributed by atoms with E-state index in [4.69, 9.17) is 11.5 Å². The van der Waals surface area contributed by atoms with Crippen LogP contribution in [0.2, 0.25) is 0 Å². The first-order valence-electron chi connectivity index (χ1n) is 4.40. The molecule has 0 fully saturated rings. The van der Waals surface area contributed by atoms with Crippen LogP contribution in [0.5, 0.6) is 5.75 Å². The molecule has 1 unspecified atom stereocenters. The Kier molecular flexibility index (Phi) is 2.78. The molecule has 0 saturated heterocycles. The highest BCUT2D eigenvalue weighted by molar-refractivity contribution is 5.59. The Morgan fingerprint density at radius 3 is 2.54 bits per heavy atom. The SMILES string of the molecule is CCC(N)c1cc(C)c(N)c(O)c1. The minimum absolute atomic E-state index is 0.0230. The average molecular weight is 180 g/mol. The van der Waals surface area contributed by atoms with E-state index in [0.29, 0.717) is 5.69 Å². The van der Waals surface area contributed by atoms with Crippen molar-refractivity contribution in [2.24, 2.45) is 5.73 Å². The summed E-state index contributed by atoms with van der Waals surface area (Å²) >= 11 is 0. The maximum absolute atomic E-state index is 9.44. The van der Waals surface area contributed by atoms with Gasteiger partial charge in [0.15, 0.2) is 0 Å². The van der Waals surface area contributed by atoms with E-state index in [0.717, 1.165) is 17.5 Å². The van der Waals surface area contributed by atoms with Crippen LogP contribution < -0.4 is 11.5 Å². The fourth-order valence-electron chi connectivity index (χ4n) is 1.26. The molecule has 0 aliphatic rings. The molecular formula is C10H16N2O. The lowest BCUT2D eigenvalue weighted by Crippen LogP contribution is -2.09. The summed E-state index contributed by atoms with van der Waals surface area (Å²) in [5, 5.41) is 9.44. The maximum Gasteiger partial charge on any atom is 0.139 e. The quantitative estimate of drug-likeness (QED) is 0.479. The van der Waals surface area contributed by atoms with Crippen LogP contribution in [0.3, 0.4) is 0 Å². The Bertz CT molecular complexity index is 287. The van der Waals surface area contributed by atoms with E-state index >= 15 is 0 Å². The Hall–Kier alpha value is -1.22. The van der Waals surface area contributed by atoms with Crippen LogP contribution in [0, 0.1) is 6.92 Å². The predicted octanol–water partition coefficient (Wildman–Crippen LogP) is 1.69. The number of aromatic hydroxyl groups is 1. The molecular weight excluding hydrogens is 164 g/mol. The molecule has 1 atom stereocenters. The molecule has 1 rings (SSSR count). The molecule has 0 spiro atoms. The summed E-state index contributed by atoms with van der Waals surface area (Å²) in [5.41, 5.74) is 13.7. The van der Waals surface area contributed by atoms with Crippen molar-refractivity contribution < 1.29 is 5.11 Å². The third kappa shape index (κ3) is 1.92. The van der Waals surface area contributed by atoms with Gasteiger partial charge in [-0.15, -0.1) is 0 Å². The molecule has 3 nitrogen and oxygen atoms in total. The summed E-state index contributed by atoms with van der Waals surface area (Å²) in [6, 6.07) is 3.53. The topological polar surface area (TPSA) is 72.3 Å². The predicted molar refractivity (Wildman–Crippen MR) is 54.5 cm³/mol. The number of benzene rings is 1. The van der Waals surface area contributed by atoms with E-state index in [1.165, 1.54) is 0 Å². The summed E-state index contributed by atoms with van der Waals surface area (Å²) in [5.74, 6) is 0.124. The number of hydrogen-bond acceptors (Lipinski definition) is 3. The number of aryl methyl sites for hydroxylation is 1. The number of nitrogen functional groups attached to an aromatic ring is 1. The Balaban J connectivity index is 3.13. The minimum Gasteiger partial charge on any atom is -0.506 e. The van der Waals surface area contributed by atoms with E-state index in [1.807, 2.05) is 19.9 Å². The molecule has 0 saturated carbocycles. The second-order valence-electron chi connectivity index (χ2n) is 3.29. The fraction of sp³-hybridized carbons (Fsp3) is 0.400. The van der Waals surface area contributed by atoms with Gasteiger partial charge >= 0.3 is 0 Å². The lowest BCUT2D eigenvalue weighted by atomic mass is 10.0. The number of rotatable bonds is 2. The van der Waals surface area contributed by atoms with Crippen LogP contribution >= 0.6 is 0 Å². The van der Waals surface area contributed by atoms with Crippen molar-refractivity contribution >= 4 is 5.69 Å². The summed E-state index contributed by atoms with van der Waals surface area (Å²) < 4.78 is 0. The van der Waals surface area contributed by atoms with E-state index in [2.05, 4.69) is 0 Å². The molecule has 0 aliphatic carbocycles. The molecule has 5 N–H and O–H groups in total. The van der Waals surface area contributed by atoms with E-state index in [-0.39, 0.29) is 11.8 Å². The summed E-state index contributed by atoms with van der Waals surface area (Å²) in [7, 11) is 0. The second-order valence-corrected chi connectivity index (χ2v) is 3.29. The van der Waals surface area contributed by atoms with Gasteiger partial charge in [0.2, 0.25) is 0 Å². The van der Waals surface area contributed by atoms with Crippen LogP contribution in [0.25, 0.3) is 0 Å². The zero-order chi connectivity index (χ0) is 10.0. The first-order valence-corrected chi connectivity index (χ1v) is 4.40. The van der Waals surface area contributed by atoms with E-state index in [9.17, 15) is 5.11 Å². The van der Waals surface area contributed by atoms with Crippen molar-refractivity contribution in [2.75, 3.05) is 5.73 Å². The van der Waals surface area contributed by atoms with Gasteiger partial charge < -0.3 is 16.6 Å². The number of hydrogen-bond donors (Lipinski definition) is 3. The van der Waals surface area contributed by atoms with Gasteiger partial charge in [-0.2, -0.15) is 0 Å². The van der Waals surface area contributed by atoms with E-state index < -0.39 is 0 Å². The fourth-order valence-corrected chi connectivity index (χ4v) is 1.26. The van der Waals surface area contributed by atoms with E-state index in [1.54, 1.807) is 6.07 Å². The standard InChI is InChI=1S/C10H16N2O/c1-3-8(11)7-4-6(2)10(12)9(13)5-7/h4-5,8,13H,3,11-12H2,1-2H3. The zero-order valence-corrected chi connectivity index (χ0v) is 8.04. The van der Waals surface area contributed by atoms with Gasteiger partial charge in [-0.3, -0.25) is 0 Å². The lowest BCUT2D eigenvalue weighted by molar-refractivity contribution is 0.475. The molecule has 13 heavy (non-hydrogen) atoms. The van der Waals surface area contributed by atoms with Crippen LogP contribution in [-0.2, 0) is 0 Å². The summed E-state index contributed by atoms with van der Waals surface area (Å²) in [6.07, 6.45) is 0.850. The molecule has 0 amide bonds. The highest BCUT2D eigenvalue weighted by Crippen LogP contribution is 2.28. The molecule has 1 aromatic rings. The third-order valence-corrected chi connectivity index (χ3v) is 2.26. The van der Waals surface area contributed by atoms with Crippen molar-refractivity contribution in [3.05, 3.63) is 23.3 Å². The molecule has 0 aliphatic heterocycles. The smallest absolute Gasteiger partial charge is 0.139 e. The van der Waals surface area contributed by atoms with Crippen molar-refractivity contribution in [1.82, 2.24) is 0 Å². The van der Waals surface area contributed by atoms with Crippen LogP contribution in [0.1, 0.15) is 30.5 Å². The molecule has 0 heterocycles. The van der Waals surface area contributed by atoms with Crippen LogP contribution in [0.15, 0.2) is 12.1 Å². The molecule has 0 aromatic heterocycles. The molecule has 72 valence electrons. The van der Waals surface area contributed by atoms with Gasteiger partial charge in [0.05, 0.1) is 5.69 Å². The minimum atomic E-state index is -0.0230.